The predicted molar refractivity (Wildman–Crippen MR) is 106 cm³/mol. The maximum absolute atomic E-state index is 12.9. The number of nitrogens with zero attached hydrogens (tertiary/aromatic N) is 3. The Hall–Kier alpha value is -3.68. The van der Waals surface area contributed by atoms with E-state index in [1.165, 1.54) is 23.2 Å². The number of rotatable bonds is 5. The highest BCUT2D eigenvalue weighted by Crippen LogP contribution is 2.40. The normalized spacial score (nSPS) is 15.1. The lowest BCUT2D eigenvalue weighted by Gasteiger charge is -2.12. The number of aryl methyl sites for hydroxylation is 1. The zero-order chi connectivity index (χ0) is 20.4. The first-order valence-corrected chi connectivity index (χ1v) is 8.65. The minimum atomic E-state index is -0.638. The van der Waals surface area contributed by atoms with Crippen molar-refractivity contribution in [1.29, 1.82) is 0 Å². The molecule has 1 aliphatic heterocycles. The zero-order valence-electron chi connectivity index (χ0n) is 15.7. The van der Waals surface area contributed by atoms with Crippen LogP contribution >= 0.6 is 0 Å². The van der Waals surface area contributed by atoms with E-state index in [0.717, 1.165) is 5.56 Å². The second kappa shape index (κ2) is 7.51. The molecule has 2 aromatic rings. The average molecular weight is 381 g/mol. The summed E-state index contributed by atoms with van der Waals surface area (Å²) in [6.07, 6.45) is 1.40. The van der Waals surface area contributed by atoms with Crippen LogP contribution in [-0.4, -0.2) is 28.3 Å². The quantitative estimate of drug-likeness (QED) is 0.482. The molecule has 0 aromatic heterocycles. The molecule has 0 unspecified atom stereocenters. The Balaban J connectivity index is 2.07. The van der Waals surface area contributed by atoms with Crippen LogP contribution < -0.4 is 9.75 Å². The lowest BCUT2D eigenvalue weighted by Crippen LogP contribution is -2.21. The molecule has 1 aliphatic rings. The second-order valence-electron chi connectivity index (χ2n) is 6.24. The molecule has 0 radical (unpaired) electrons. The van der Waals surface area contributed by atoms with Gasteiger partial charge in [0.15, 0.2) is 5.75 Å². The first-order valence-electron chi connectivity index (χ1n) is 8.65. The minimum Gasteiger partial charge on any atom is -0.504 e. The maximum atomic E-state index is 12.9. The Morgan fingerprint density at radius 1 is 1.29 bits per heavy atom. The fourth-order valence-electron chi connectivity index (χ4n) is 2.94. The monoisotopic (exact) mass is 381 g/mol. The van der Waals surface area contributed by atoms with Crippen LogP contribution in [0.3, 0.4) is 0 Å². The Morgan fingerprint density at radius 3 is 2.68 bits per heavy atom. The molecule has 144 valence electrons. The van der Waals surface area contributed by atoms with Crippen molar-refractivity contribution in [2.24, 2.45) is 5.10 Å². The first kappa shape index (κ1) is 19.1. The molecule has 8 heteroatoms. The Labute approximate surface area is 161 Å². The Bertz CT molecular complexity index is 1030. The molecule has 1 amide bonds. The summed E-state index contributed by atoms with van der Waals surface area (Å²) in [5.74, 6) is -0.943. The molecule has 1 heterocycles. The van der Waals surface area contributed by atoms with Crippen LogP contribution in [-0.2, 0) is 4.79 Å². The van der Waals surface area contributed by atoms with Crippen LogP contribution in [0, 0.1) is 17.0 Å². The highest BCUT2D eigenvalue weighted by atomic mass is 16.6. The number of hydrogen-bond donors (Lipinski definition) is 1. The number of anilines is 1. The fraction of sp³-hybridized carbons (Fsp3) is 0.200. The van der Waals surface area contributed by atoms with E-state index >= 15 is 0 Å². The zero-order valence-corrected chi connectivity index (χ0v) is 15.7. The number of hydrogen-bond acceptors (Lipinski definition) is 6. The van der Waals surface area contributed by atoms with Crippen LogP contribution in [0.2, 0.25) is 0 Å². The topological polar surface area (TPSA) is 105 Å². The van der Waals surface area contributed by atoms with Gasteiger partial charge in [0.05, 0.1) is 34.1 Å². The molecule has 0 fully saturated rings. The van der Waals surface area contributed by atoms with Gasteiger partial charge >= 0.3 is 5.69 Å². The minimum absolute atomic E-state index is 0.148. The molecule has 0 spiro atoms. The van der Waals surface area contributed by atoms with Crippen LogP contribution in [0.15, 0.2) is 47.1 Å². The molecule has 0 atom stereocenters. The number of benzene rings is 2. The third-order valence-electron chi connectivity index (χ3n) is 4.22. The molecule has 28 heavy (non-hydrogen) atoms. The number of phenols is 1. The van der Waals surface area contributed by atoms with E-state index < -0.39 is 10.6 Å². The van der Waals surface area contributed by atoms with E-state index in [-0.39, 0.29) is 35.1 Å². The molecule has 0 saturated heterocycles. The number of carbonyl (C=O) groups excluding carboxylic acids is 1. The third-order valence-corrected chi connectivity index (χ3v) is 4.22. The summed E-state index contributed by atoms with van der Waals surface area (Å²) in [7, 11) is 0. The van der Waals surface area contributed by atoms with Gasteiger partial charge in [0, 0.05) is 0 Å². The fourth-order valence-corrected chi connectivity index (χ4v) is 2.94. The van der Waals surface area contributed by atoms with Crippen molar-refractivity contribution >= 4 is 29.1 Å². The summed E-state index contributed by atoms with van der Waals surface area (Å²) in [5, 5.41) is 27.1. The van der Waals surface area contributed by atoms with Gasteiger partial charge in [0.1, 0.15) is 0 Å². The average Bonchev–Trinajstić information content (AvgIpc) is 2.92. The predicted octanol–water partition coefficient (Wildman–Crippen LogP) is 3.81. The lowest BCUT2D eigenvalue weighted by atomic mass is 10.0. The number of nitro benzene ring substituents is 1. The summed E-state index contributed by atoms with van der Waals surface area (Å²) < 4.78 is 5.25. The van der Waals surface area contributed by atoms with Gasteiger partial charge in [0.2, 0.25) is 5.75 Å². The molecular weight excluding hydrogens is 362 g/mol. The number of phenolic OH excluding ortho intramolecular Hbond substituents is 1. The number of ether oxygens (including phenoxy) is 1. The van der Waals surface area contributed by atoms with E-state index in [4.69, 9.17) is 4.74 Å². The molecular formula is C20H19N3O5. The smallest absolute Gasteiger partial charge is 0.322 e. The van der Waals surface area contributed by atoms with Crippen molar-refractivity contribution in [2.75, 3.05) is 11.6 Å². The summed E-state index contributed by atoms with van der Waals surface area (Å²) in [6.45, 7) is 5.38. The summed E-state index contributed by atoms with van der Waals surface area (Å²) in [5.41, 5.74) is 2.01. The van der Waals surface area contributed by atoms with E-state index in [2.05, 4.69) is 5.10 Å². The van der Waals surface area contributed by atoms with Crippen molar-refractivity contribution < 1.29 is 19.6 Å². The summed E-state index contributed by atoms with van der Waals surface area (Å²) in [6, 6.07) is 10.00. The van der Waals surface area contributed by atoms with E-state index in [1.54, 1.807) is 19.9 Å². The van der Waals surface area contributed by atoms with Gasteiger partial charge in [-0.05, 0) is 56.7 Å². The van der Waals surface area contributed by atoms with Gasteiger partial charge in [0.25, 0.3) is 5.91 Å². The van der Waals surface area contributed by atoms with E-state index in [0.29, 0.717) is 11.4 Å². The molecule has 0 saturated carbocycles. The van der Waals surface area contributed by atoms with Gasteiger partial charge < -0.3 is 9.84 Å². The summed E-state index contributed by atoms with van der Waals surface area (Å²) >= 11 is 0. The molecule has 8 nitrogen and oxygen atoms in total. The van der Waals surface area contributed by atoms with E-state index in [1.807, 2.05) is 25.1 Å². The number of hydrazone groups is 1. The van der Waals surface area contributed by atoms with Crippen molar-refractivity contribution in [2.45, 2.75) is 20.8 Å². The van der Waals surface area contributed by atoms with Crippen LogP contribution in [0.25, 0.3) is 6.08 Å². The van der Waals surface area contributed by atoms with Crippen LogP contribution in [0.5, 0.6) is 11.5 Å². The van der Waals surface area contributed by atoms with Crippen LogP contribution in [0.1, 0.15) is 25.0 Å². The number of aromatic hydroxyl groups is 1. The number of amides is 1. The molecule has 0 bridgehead atoms. The molecule has 2 aromatic carbocycles. The SMILES string of the molecule is CCOc1c(O)ccc(/C=C2/C(=O)N(c3cccc(C)c3)N=C2C)c1[N+](=O)[O-]. The van der Waals surface area contributed by atoms with Gasteiger partial charge in [-0.15, -0.1) is 0 Å². The van der Waals surface area contributed by atoms with Crippen LogP contribution in [0.4, 0.5) is 11.4 Å². The highest BCUT2D eigenvalue weighted by molar-refractivity contribution is 6.32. The molecule has 3 rings (SSSR count). The highest BCUT2D eigenvalue weighted by Gasteiger charge is 2.31. The Morgan fingerprint density at radius 2 is 2.04 bits per heavy atom. The van der Waals surface area contributed by atoms with Crippen molar-refractivity contribution in [1.82, 2.24) is 0 Å². The van der Waals surface area contributed by atoms with Crippen molar-refractivity contribution in [3.8, 4) is 11.5 Å². The maximum Gasteiger partial charge on any atom is 0.322 e. The van der Waals surface area contributed by atoms with Gasteiger partial charge in [-0.25, -0.2) is 0 Å². The van der Waals surface area contributed by atoms with Crippen molar-refractivity contribution in [3.05, 3.63) is 63.2 Å². The number of carbonyl (C=O) groups is 1. The van der Waals surface area contributed by atoms with Crippen molar-refractivity contribution in [3.63, 3.8) is 0 Å². The summed E-state index contributed by atoms with van der Waals surface area (Å²) in [4.78, 5) is 23.8. The molecule has 1 N–H and O–H groups in total. The Kier molecular flexibility index (Phi) is 5.12. The second-order valence-corrected chi connectivity index (χ2v) is 6.24. The van der Waals surface area contributed by atoms with Gasteiger partial charge in [-0.2, -0.15) is 10.1 Å². The van der Waals surface area contributed by atoms with E-state index in [9.17, 15) is 20.0 Å². The largest absolute Gasteiger partial charge is 0.504 e. The third kappa shape index (κ3) is 3.44. The molecule has 0 aliphatic carbocycles. The van der Waals surface area contributed by atoms with Gasteiger partial charge in [-0.1, -0.05) is 12.1 Å². The number of nitro groups is 1. The first-order chi connectivity index (χ1) is 13.3. The van der Waals surface area contributed by atoms with Gasteiger partial charge in [-0.3, -0.25) is 14.9 Å². The standard InChI is InChI=1S/C20H19N3O5/c1-4-28-19-17(24)9-8-14(18(19)23(26)27)11-16-13(3)21-22(20(16)25)15-7-5-6-12(2)10-15/h5-11,24H,4H2,1-3H3/b16-11+. The lowest BCUT2D eigenvalue weighted by molar-refractivity contribution is -0.386.